The lowest BCUT2D eigenvalue weighted by Crippen LogP contribution is -2.40. The van der Waals surface area contributed by atoms with Crippen LogP contribution in [0, 0.1) is 5.92 Å². The van der Waals surface area contributed by atoms with Crippen molar-refractivity contribution in [2.75, 3.05) is 0 Å². The molecule has 59 heavy (non-hydrogen) atoms. The van der Waals surface area contributed by atoms with Crippen molar-refractivity contribution in [1.29, 1.82) is 0 Å². The van der Waals surface area contributed by atoms with Crippen molar-refractivity contribution in [3.05, 3.63) is 119 Å². The molecular formula is C45H48ClF3N8O2. The number of hydrogen-bond acceptors (Lipinski definition) is 6. The zero-order valence-corrected chi connectivity index (χ0v) is 34.9. The Balaban J connectivity index is 0.000000198. The lowest BCUT2D eigenvalue weighted by atomic mass is 10.0. The van der Waals surface area contributed by atoms with Crippen LogP contribution in [0.25, 0.3) is 45.3 Å². The average molecular weight is 825 g/mol. The van der Waals surface area contributed by atoms with E-state index in [2.05, 4.69) is 25.8 Å². The second kappa shape index (κ2) is 17.2. The van der Waals surface area contributed by atoms with E-state index in [1.807, 2.05) is 95.6 Å². The third-order valence-corrected chi connectivity index (χ3v) is 9.44. The van der Waals surface area contributed by atoms with Crippen molar-refractivity contribution in [3.63, 3.8) is 0 Å². The molecule has 6 aromatic rings. The fraction of sp³-hybridized carbons (Fsp3) is 0.333. The molecule has 0 atom stereocenters. The van der Waals surface area contributed by atoms with E-state index in [4.69, 9.17) is 16.6 Å². The summed E-state index contributed by atoms with van der Waals surface area (Å²) in [4.78, 5) is 35.2. The number of aryl methyl sites for hydroxylation is 1. The number of rotatable bonds is 9. The van der Waals surface area contributed by atoms with Gasteiger partial charge in [0.25, 0.3) is 11.8 Å². The molecular weight excluding hydrogens is 777 g/mol. The summed E-state index contributed by atoms with van der Waals surface area (Å²) in [6.07, 6.45) is 1.51. The van der Waals surface area contributed by atoms with Gasteiger partial charge in [-0.25, -0.2) is 9.97 Å². The smallest absolute Gasteiger partial charge is 0.347 e. The predicted octanol–water partition coefficient (Wildman–Crippen LogP) is 10.4. The monoisotopic (exact) mass is 824 g/mol. The Morgan fingerprint density at radius 3 is 1.51 bits per heavy atom. The largest absolute Gasteiger partial charge is 0.416 e. The van der Waals surface area contributed by atoms with Gasteiger partial charge in [0.1, 0.15) is 0 Å². The number of alkyl halides is 3. The van der Waals surface area contributed by atoms with Crippen LogP contribution < -0.4 is 10.6 Å². The summed E-state index contributed by atoms with van der Waals surface area (Å²) >= 11 is 6.04. The van der Waals surface area contributed by atoms with Crippen molar-refractivity contribution in [3.8, 4) is 45.3 Å². The Labute approximate surface area is 347 Å². The molecule has 10 nitrogen and oxygen atoms in total. The number of benzene rings is 2. The first-order chi connectivity index (χ1) is 27.8. The maximum Gasteiger partial charge on any atom is 0.416 e. The fourth-order valence-electron chi connectivity index (χ4n) is 6.20. The maximum atomic E-state index is 12.9. The predicted molar refractivity (Wildman–Crippen MR) is 225 cm³/mol. The van der Waals surface area contributed by atoms with Crippen LogP contribution in [0.15, 0.2) is 97.3 Å². The Bertz CT molecular complexity index is 2420. The molecule has 1 aliphatic rings. The first kappa shape index (κ1) is 42.8. The third kappa shape index (κ3) is 11.4. The molecule has 0 unspecified atom stereocenters. The average Bonchev–Trinajstić information content (AvgIpc) is 3.64. The quantitative estimate of drug-likeness (QED) is 0.150. The van der Waals surface area contributed by atoms with E-state index < -0.39 is 17.3 Å². The van der Waals surface area contributed by atoms with Gasteiger partial charge in [-0.05, 0) is 128 Å². The molecule has 1 fully saturated rings. The molecule has 2 amide bonds. The molecule has 4 heterocycles. The van der Waals surface area contributed by atoms with Gasteiger partial charge in [0.05, 0.1) is 39.7 Å². The summed E-state index contributed by atoms with van der Waals surface area (Å²) in [5, 5.41) is 15.3. The van der Waals surface area contributed by atoms with Crippen LogP contribution in [0.4, 0.5) is 13.2 Å². The van der Waals surface area contributed by atoms with Crippen LogP contribution in [0.1, 0.15) is 87.6 Å². The van der Waals surface area contributed by atoms with Crippen LogP contribution in [0.3, 0.4) is 0 Å². The van der Waals surface area contributed by atoms with Crippen LogP contribution >= 0.6 is 11.6 Å². The molecule has 14 heteroatoms. The summed E-state index contributed by atoms with van der Waals surface area (Å²) in [5.41, 5.74) is 4.89. The minimum Gasteiger partial charge on any atom is -0.347 e. The molecule has 308 valence electrons. The number of carbonyl (C=O) groups excluding carboxylic acids is 2. The Kier molecular flexibility index (Phi) is 12.5. The minimum absolute atomic E-state index is 0.121. The summed E-state index contributed by atoms with van der Waals surface area (Å²) in [6, 6.07) is 22.9. The van der Waals surface area contributed by atoms with E-state index in [9.17, 15) is 22.8 Å². The summed E-state index contributed by atoms with van der Waals surface area (Å²) < 4.78 is 42.5. The molecule has 2 N–H and O–H groups in total. The van der Waals surface area contributed by atoms with Crippen molar-refractivity contribution >= 4 is 23.4 Å². The van der Waals surface area contributed by atoms with Gasteiger partial charge in [-0.2, -0.15) is 23.4 Å². The van der Waals surface area contributed by atoms with Crippen LogP contribution in [0.5, 0.6) is 0 Å². The lowest BCUT2D eigenvalue weighted by molar-refractivity contribution is -0.137. The van der Waals surface area contributed by atoms with Gasteiger partial charge in [-0.3, -0.25) is 19.0 Å². The number of nitrogens with one attached hydrogen (secondary N) is 2. The second-order valence-corrected chi connectivity index (χ2v) is 17.1. The summed E-state index contributed by atoms with van der Waals surface area (Å²) in [6.45, 7) is 15.0. The maximum absolute atomic E-state index is 12.9. The molecule has 0 saturated heterocycles. The normalized spacial score (nSPS) is 13.1. The summed E-state index contributed by atoms with van der Waals surface area (Å²) in [5.74, 6) is 0.281. The van der Waals surface area contributed by atoms with E-state index in [1.165, 1.54) is 25.0 Å². The Morgan fingerprint density at radius 2 is 1.08 bits per heavy atom. The van der Waals surface area contributed by atoms with Crippen molar-refractivity contribution in [2.45, 2.75) is 91.7 Å². The highest BCUT2D eigenvalue weighted by Gasteiger charge is 2.30. The van der Waals surface area contributed by atoms with E-state index >= 15 is 0 Å². The van der Waals surface area contributed by atoms with Crippen molar-refractivity contribution < 1.29 is 22.8 Å². The molecule has 1 saturated carbocycles. The molecule has 0 radical (unpaired) electrons. The van der Waals surface area contributed by atoms with Crippen LogP contribution in [0.2, 0.25) is 5.02 Å². The van der Waals surface area contributed by atoms with Gasteiger partial charge in [-0.1, -0.05) is 35.9 Å². The van der Waals surface area contributed by atoms with E-state index in [1.54, 1.807) is 35.3 Å². The molecule has 1 aliphatic carbocycles. The molecule has 0 aliphatic heterocycles. The van der Waals surface area contributed by atoms with Gasteiger partial charge >= 0.3 is 6.18 Å². The Morgan fingerprint density at radius 1 is 0.661 bits per heavy atom. The molecule has 4 aromatic heterocycles. The number of aromatic nitrogens is 6. The molecule has 7 rings (SSSR count). The van der Waals surface area contributed by atoms with E-state index in [0.29, 0.717) is 45.6 Å². The third-order valence-electron chi connectivity index (χ3n) is 9.19. The zero-order chi connectivity index (χ0) is 42.7. The summed E-state index contributed by atoms with van der Waals surface area (Å²) in [7, 11) is 0. The van der Waals surface area contributed by atoms with Gasteiger partial charge in [-0.15, -0.1) is 0 Å². The lowest BCUT2D eigenvalue weighted by Gasteiger charge is -2.21. The standard InChI is InChI=1S/C23H25ClN4O.C22H23F3N4O/c1-23(2,3)27-22(29)17-12-19(16-6-8-18(24)9-7-16)26-20(13-17)21-10-11-25-28(21)14-15-4-5-15;1-5-29-19(10-11-26-29)18-13-15(20(30)28-21(2,3)4)12-17(27-18)14-6-8-16(9-7-14)22(23,24)25/h6-13,15H,4-5,14H2,1-3H3,(H,27,29);6-13H,5H2,1-4H3,(H,28,30). The number of halogens is 4. The number of nitrogens with zero attached hydrogens (tertiary/aromatic N) is 6. The number of carbonyl (C=O) groups is 2. The SMILES string of the molecule is CC(C)(C)NC(=O)c1cc(-c2ccc(Cl)cc2)nc(-c2ccnn2CC2CC2)c1.CCn1nccc1-c1cc(C(=O)NC(C)(C)C)cc(-c2ccc(C(F)(F)F)cc2)n1. The van der Waals surface area contributed by atoms with Gasteiger partial charge in [0.15, 0.2) is 0 Å². The van der Waals surface area contributed by atoms with Crippen molar-refractivity contribution in [2.24, 2.45) is 5.92 Å². The van der Waals surface area contributed by atoms with Gasteiger partial charge in [0.2, 0.25) is 0 Å². The first-order valence-corrected chi connectivity index (χ1v) is 19.8. The first-order valence-electron chi connectivity index (χ1n) is 19.4. The van der Waals surface area contributed by atoms with Crippen molar-refractivity contribution in [1.82, 2.24) is 40.2 Å². The molecule has 0 bridgehead atoms. The highest BCUT2D eigenvalue weighted by atomic mass is 35.5. The molecule has 2 aromatic carbocycles. The highest BCUT2D eigenvalue weighted by molar-refractivity contribution is 6.30. The minimum atomic E-state index is -4.42. The van der Waals surface area contributed by atoms with E-state index in [-0.39, 0.29) is 17.4 Å². The number of pyridine rings is 2. The topological polar surface area (TPSA) is 120 Å². The molecule has 0 spiro atoms. The van der Waals surface area contributed by atoms with Crippen LogP contribution in [-0.4, -0.2) is 52.4 Å². The van der Waals surface area contributed by atoms with E-state index in [0.717, 1.165) is 47.0 Å². The van der Waals surface area contributed by atoms with Gasteiger partial charge < -0.3 is 10.6 Å². The number of hydrogen-bond donors (Lipinski definition) is 2. The fourth-order valence-corrected chi connectivity index (χ4v) is 6.33. The Hall–Kier alpha value is -5.82. The van der Waals surface area contributed by atoms with Crippen LogP contribution in [-0.2, 0) is 19.3 Å². The van der Waals surface area contributed by atoms with Gasteiger partial charge in [0, 0.05) is 63.8 Å². The highest BCUT2D eigenvalue weighted by Crippen LogP contribution is 2.34. The zero-order valence-electron chi connectivity index (χ0n) is 34.2. The second-order valence-electron chi connectivity index (χ2n) is 16.6. The number of amides is 2.